The lowest BCUT2D eigenvalue weighted by Gasteiger charge is -2.15. The van der Waals surface area contributed by atoms with Gasteiger partial charge in [0, 0.05) is 35.8 Å². The molecule has 8 heteroatoms. The molecule has 1 aromatic heterocycles. The number of aliphatic hydroxyl groups excluding tert-OH is 1. The third-order valence-electron chi connectivity index (χ3n) is 4.44. The van der Waals surface area contributed by atoms with Gasteiger partial charge in [-0.1, -0.05) is 24.3 Å². The number of hydrogen-bond acceptors (Lipinski definition) is 5. The van der Waals surface area contributed by atoms with Crippen LogP contribution in [0.15, 0.2) is 53.5 Å². The van der Waals surface area contributed by atoms with Crippen molar-refractivity contribution in [1.29, 1.82) is 0 Å². The van der Waals surface area contributed by atoms with Crippen LogP contribution >= 0.6 is 35.3 Å². The van der Waals surface area contributed by atoms with E-state index in [1.165, 1.54) is 4.70 Å². The number of phenols is 1. The Hall–Kier alpha value is -2.04. The Kier molecular flexibility index (Phi) is 8.99. The number of phenolic OH excluding ortho intramolecular Hbond substituents is 1. The number of methoxy groups -OCH3 is 1. The van der Waals surface area contributed by atoms with Gasteiger partial charge in [0.15, 0.2) is 5.96 Å². The lowest BCUT2D eigenvalue weighted by atomic mass is 10.1. The first-order chi connectivity index (χ1) is 13.6. The van der Waals surface area contributed by atoms with Gasteiger partial charge >= 0.3 is 0 Å². The Morgan fingerprint density at radius 1 is 1.17 bits per heavy atom. The molecular weight excluding hydrogens is 501 g/mol. The Morgan fingerprint density at radius 2 is 1.97 bits per heavy atom. The van der Waals surface area contributed by atoms with E-state index in [0.717, 1.165) is 15.8 Å². The summed E-state index contributed by atoms with van der Waals surface area (Å²) in [5.41, 5.74) is 0.828. The minimum Gasteiger partial charge on any atom is -0.508 e. The molecule has 0 spiro atoms. The third kappa shape index (κ3) is 6.22. The van der Waals surface area contributed by atoms with E-state index in [0.29, 0.717) is 31.2 Å². The average Bonchev–Trinajstić information content (AvgIpc) is 3.15. The first-order valence-electron chi connectivity index (χ1n) is 9.07. The van der Waals surface area contributed by atoms with Crippen molar-refractivity contribution in [2.45, 2.75) is 12.5 Å². The van der Waals surface area contributed by atoms with Crippen LogP contribution in [0.5, 0.6) is 11.5 Å². The molecule has 6 nitrogen and oxygen atoms in total. The number of fused-ring (bicyclic) bond motifs is 1. The van der Waals surface area contributed by atoms with E-state index in [1.54, 1.807) is 31.6 Å². The van der Waals surface area contributed by atoms with Gasteiger partial charge in [-0.3, -0.25) is 4.99 Å². The Morgan fingerprint density at radius 3 is 2.66 bits per heavy atom. The second kappa shape index (κ2) is 11.2. The number of hydrogen-bond donors (Lipinski definition) is 4. The van der Waals surface area contributed by atoms with Crippen LogP contribution in [-0.2, 0) is 6.42 Å². The van der Waals surface area contributed by atoms with Gasteiger partial charge in [-0.15, -0.1) is 35.3 Å². The number of ether oxygens (including phenoxy) is 1. The summed E-state index contributed by atoms with van der Waals surface area (Å²) in [4.78, 5) is 5.11. The van der Waals surface area contributed by atoms with Gasteiger partial charge in [0.1, 0.15) is 17.6 Å². The second-order valence-corrected chi connectivity index (χ2v) is 7.44. The molecule has 0 aliphatic rings. The summed E-state index contributed by atoms with van der Waals surface area (Å²) in [5, 5.41) is 28.0. The molecule has 0 amide bonds. The molecule has 156 valence electrons. The summed E-state index contributed by atoms with van der Waals surface area (Å²) < 4.78 is 6.26. The van der Waals surface area contributed by atoms with Gasteiger partial charge in [-0.05, 0) is 35.6 Å². The van der Waals surface area contributed by atoms with E-state index in [1.807, 2.05) is 36.4 Å². The molecule has 3 aromatic rings. The molecule has 0 saturated heterocycles. The SMILES string of the molecule is CN=C(NCCc1ccc(OC)cc1O)NCC(O)c1cc2ccccc2s1.I. The standard InChI is InChI=1S/C21H25N3O3S.HI/c1-22-21(23-10-9-14-7-8-16(27-2)12-17(14)25)24-13-18(26)20-11-15-5-3-4-6-19(15)28-20;/h3-8,11-12,18,25-26H,9-10,13H2,1-2H3,(H2,22,23,24);1H. The van der Waals surface area contributed by atoms with Crippen LogP contribution in [0, 0.1) is 0 Å². The van der Waals surface area contributed by atoms with Gasteiger partial charge in [0.25, 0.3) is 0 Å². The molecule has 0 saturated carbocycles. The highest BCUT2D eigenvalue weighted by Gasteiger charge is 2.12. The first-order valence-corrected chi connectivity index (χ1v) is 9.89. The van der Waals surface area contributed by atoms with Gasteiger partial charge in [-0.2, -0.15) is 0 Å². The maximum Gasteiger partial charge on any atom is 0.191 e. The molecular formula is C21H26IN3O3S. The van der Waals surface area contributed by atoms with E-state index < -0.39 is 6.10 Å². The van der Waals surface area contributed by atoms with Crippen LogP contribution < -0.4 is 15.4 Å². The fourth-order valence-corrected chi connectivity index (χ4v) is 3.93. The number of rotatable bonds is 7. The largest absolute Gasteiger partial charge is 0.508 e. The van der Waals surface area contributed by atoms with Crippen LogP contribution in [0.2, 0.25) is 0 Å². The molecule has 0 bridgehead atoms. The smallest absolute Gasteiger partial charge is 0.191 e. The summed E-state index contributed by atoms with van der Waals surface area (Å²) in [6.45, 7) is 0.957. The van der Waals surface area contributed by atoms with Crippen molar-refractivity contribution >= 4 is 51.4 Å². The summed E-state index contributed by atoms with van der Waals surface area (Å²) in [6, 6.07) is 15.4. The predicted octanol–water partition coefficient (Wildman–Crippen LogP) is 3.67. The highest BCUT2D eigenvalue weighted by Crippen LogP contribution is 2.29. The number of aliphatic imine (C=N–C) groups is 1. The van der Waals surface area contributed by atoms with Crippen molar-refractivity contribution < 1.29 is 14.9 Å². The van der Waals surface area contributed by atoms with E-state index in [-0.39, 0.29) is 29.7 Å². The molecule has 0 aliphatic heterocycles. The predicted molar refractivity (Wildman–Crippen MR) is 130 cm³/mol. The van der Waals surface area contributed by atoms with Crippen LogP contribution in [0.1, 0.15) is 16.5 Å². The number of benzene rings is 2. The lowest BCUT2D eigenvalue weighted by molar-refractivity contribution is 0.184. The molecule has 1 atom stereocenters. The lowest BCUT2D eigenvalue weighted by Crippen LogP contribution is -2.40. The van der Waals surface area contributed by atoms with Crippen molar-refractivity contribution in [1.82, 2.24) is 10.6 Å². The van der Waals surface area contributed by atoms with Crippen molar-refractivity contribution in [3.8, 4) is 11.5 Å². The number of nitrogens with zero attached hydrogens (tertiary/aromatic N) is 1. The van der Waals surface area contributed by atoms with Crippen LogP contribution in [0.4, 0.5) is 0 Å². The maximum atomic E-state index is 10.5. The summed E-state index contributed by atoms with van der Waals surface area (Å²) in [7, 11) is 3.25. The highest BCUT2D eigenvalue weighted by molar-refractivity contribution is 14.0. The second-order valence-electron chi connectivity index (χ2n) is 6.33. The molecule has 2 aromatic carbocycles. The molecule has 0 radical (unpaired) electrons. The van der Waals surface area contributed by atoms with Gasteiger partial charge in [0.2, 0.25) is 0 Å². The minimum atomic E-state index is -0.610. The van der Waals surface area contributed by atoms with E-state index in [2.05, 4.69) is 21.7 Å². The van der Waals surface area contributed by atoms with Crippen molar-refractivity contribution in [2.75, 3.05) is 27.2 Å². The molecule has 0 aliphatic carbocycles. The molecule has 3 rings (SSSR count). The summed E-state index contributed by atoms with van der Waals surface area (Å²) >= 11 is 1.60. The normalized spacial score (nSPS) is 12.3. The number of guanidine groups is 1. The number of thiophene rings is 1. The van der Waals surface area contributed by atoms with E-state index in [4.69, 9.17) is 4.74 Å². The summed E-state index contributed by atoms with van der Waals surface area (Å²) in [5.74, 6) is 1.44. The average molecular weight is 527 g/mol. The van der Waals surface area contributed by atoms with Crippen LogP contribution in [0.3, 0.4) is 0 Å². The highest BCUT2D eigenvalue weighted by atomic mass is 127. The topological polar surface area (TPSA) is 86.1 Å². The number of halogens is 1. The molecule has 1 unspecified atom stereocenters. The Bertz CT molecular complexity index is 928. The number of aromatic hydroxyl groups is 1. The number of nitrogens with one attached hydrogen (secondary N) is 2. The van der Waals surface area contributed by atoms with Crippen molar-refractivity contribution in [3.05, 3.63) is 59.0 Å². The number of aliphatic hydroxyl groups is 1. The minimum absolute atomic E-state index is 0. The van der Waals surface area contributed by atoms with E-state index >= 15 is 0 Å². The fraction of sp³-hybridized carbons (Fsp3) is 0.286. The molecule has 1 heterocycles. The zero-order valence-corrected chi connectivity index (χ0v) is 19.5. The van der Waals surface area contributed by atoms with Crippen LogP contribution in [-0.4, -0.2) is 43.4 Å². The Labute approximate surface area is 191 Å². The zero-order chi connectivity index (χ0) is 19.9. The first kappa shape index (κ1) is 23.2. The fourth-order valence-electron chi connectivity index (χ4n) is 2.88. The quantitative estimate of drug-likeness (QED) is 0.214. The molecule has 29 heavy (non-hydrogen) atoms. The summed E-state index contributed by atoms with van der Waals surface area (Å²) in [6.07, 6.45) is 0.0247. The van der Waals surface area contributed by atoms with Crippen molar-refractivity contribution in [3.63, 3.8) is 0 Å². The van der Waals surface area contributed by atoms with E-state index in [9.17, 15) is 10.2 Å². The Balaban J connectivity index is 0.00000300. The monoisotopic (exact) mass is 527 g/mol. The third-order valence-corrected chi connectivity index (χ3v) is 5.66. The van der Waals surface area contributed by atoms with Crippen LogP contribution in [0.25, 0.3) is 10.1 Å². The van der Waals surface area contributed by atoms with Gasteiger partial charge in [0.05, 0.1) is 7.11 Å². The molecule has 4 N–H and O–H groups in total. The van der Waals surface area contributed by atoms with Gasteiger partial charge < -0.3 is 25.6 Å². The maximum absolute atomic E-state index is 10.5. The molecule has 0 fully saturated rings. The van der Waals surface area contributed by atoms with Gasteiger partial charge in [-0.25, -0.2) is 0 Å². The zero-order valence-electron chi connectivity index (χ0n) is 16.4. The van der Waals surface area contributed by atoms with Crippen molar-refractivity contribution in [2.24, 2.45) is 4.99 Å².